The van der Waals surface area contributed by atoms with Crippen molar-refractivity contribution in [3.63, 3.8) is 0 Å². The van der Waals surface area contributed by atoms with Crippen LogP contribution in [0.5, 0.6) is 0 Å². The average molecular weight is 351 g/mol. The monoisotopic (exact) mass is 349 g/mol. The van der Waals surface area contributed by atoms with Gasteiger partial charge in [0.05, 0.1) is 15.4 Å². The smallest absolute Gasteiger partial charge is 0.0991 e. The summed E-state index contributed by atoms with van der Waals surface area (Å²) in [4.78, 5) is 0. The van der Waals surface area contributed by atoms with Gasteiger partial charge >= 0.3 is 0 Å². The van der Waals surface area contributed by atoms with Crippen molar-refractivity contribution < 1.29 is 0 Å². The Hall–Kier alpha value is -1.11. The van der Waals surface area contributed by atoms with Crippen molar-refractivity contribution in [2.75, 3.05) is 0 Å². The Morgan fingerprint density at radius 2 is 1.29 bits per heavy atom. The van der Waals surface area contributed by atoms with E-state index in [2.05, 4.69) is 62.2 Å². The highest BCUT2D eigenvalue weighted by atomic mass is 79.9. The third-order valence-electron chi connectivity index (χ3n) is 2.51. The lowest BCUT2D eigenvalue weighted by molar-refractivity contribution is 1.42. The molecule has 0 heterocycles. The van der Waals surface area contributed by atoms with Crippen molar-refractivity contribution >= 4 is 31.9 Å². The van der Waals surface area contributed by atoms with E-state index in [4.69, 9.17) is 5.26 Å². The normalized spacial score (nSPS) is 10.2. The van der Waals surface area contributed by atoms with Gasteiger partial charge in [0.1, 0.15) is 0 Å². The van der Waals surface area contributed by atoms with E-state index in [1.807, 2.05) is 24.3 Å². The van der Waals surface area contributed by atoms with Gasteiger partial charge in [0.25, 0.3) is 0 Å². The van der Waals surface area contributed by atoms with Crippen molar-refractivity contribution in [1.29, 1.82) is 5.26 Å². The van der Waals surface area contributed by atoms with Crippen LogP contribution < -0.4 is 0 Å². The number of benzene rings is 2. The van der Waals surface area contributed by atoms with E-state index in [-0.39, 0.29) is 3.74 Å². The third-order valence-corrected chi connectivity index (χ3v) is 3.57. The average Bonchev–Trinajstić information content (AvgIpc) is 2.39. The SMILES string of the molecule is N#Cc1ccc(-c2ccc(C(Br)Br)cc2)cc1. The Labute approximate surface area is 117 Å². The fourth-order valence-corrected chi connectivity index (χ4v) is 2.17. The summed E-state index contributed by atoms with van der Waals surface area (Å²) >= 11 is 6.93. The summed E-state index contributed by atoms with van der Waals surface area (Å²) in [6.07, 6.45) is 0. The second-order valence-corrected chi connectivity index (χ2v) is 6.67. The molecule has 0 spiro atoms. The van der Waals surface area contributed by atoms with Crippen LogP contribution in [-0.4, -0.2) is 0 Å². The van der Waals surface area contributed by atoms with Crippen LogP contribution in [0, 0.1) is 11.3 Å². The molecule has 0 saturated carbocycles. The zero-order valence-corrected chi connectivity index (χ0v) is 12.1. The molecule has 84 valence electrons. The van der Waals surface area contributed by atoms with Gasteiger partial charge in [-0.2, -0.15) is 5.26 Å². The quantitative estimate of drug-likeness (QED) is 0.698. The molecule has 2 aromatic rings. The second-order valence-electron chi connectivity index (χ2n) is 3.61. The van der Waals surface area contributed by atoms with Crippen molar-refractivity contribution in [3.05, 3.63) is 59.7 Å². The highest BCUT2D eigenvalue weighted by Crippen LogP contribution is 2.30. The molecule has 0 aliphatic rings. The maximum atomic E-state index is 8.74. The van der Waals surface area contributed by atoms with Crippen LogP contribution in [0.1, 0.15) is 14.9 Å². The lowest BCUT2D eigenvalue weighted by Crippen LogP contribution is -1.82. The highest BCUT2D eigenvalue weighted by molar-refractivity contribution is 9.24. The number of halogens is 2. The number of hydrogen-bond acceptors (Lipinski definition) is 1. The number of nitriles is 1. The molecule has 0 fully saturated rings. The van der Waals surface area contributed by atoms with Crippen molar-refractivity contribution in [1.82, 2.24) is 0 Å². The fourth-order valence-electron chi connectivity index (χ4n) is 1.56. The van der Waals surface area contributed by atoms with Gasteiger partial charge in [-0.1, -0.05) is 68.3 Å². The summed E-state index contributed by atoms with van der Waals surface area (Å²) < 4.78 is 0.185. The lowest BCUT2D eigenvalue weighted by Gasteiger charge is -2.05. The van der Waals surface area contributed by atoms with Crippen molar-refractivity contribution in [2.24, 2.45) is 0 Å². The number of nitrogens with zero attached hydrogens (tertiary/aromatic N) is 1. The molecule has 0 bridgehead atoms. The molecule has 3 heteroatoms. The Bertz CT molecular complexity index is 536. The van der Waals surface area contributed by atoms with E-state index in [1.165, 1.54) is 5.56 Å². The van der Waals surface area contributed by atoms with Gasteiger partial charge in [0.2, 0.25) is 0 Å². The largest absolute Gasteiger partial charge is 0.192 e. The maximum Gasteiger partial charge on any atom is 0.0991 e. The van der Waals surface area contributed by atoms with Gasteiger partial charge in [-0.05, 0) is 28.8 Å². The van der Waals surface area contributed by atoms with E-state index in [0.717, 1.165) is 11.1 Å². The molecule has 0 atom stereocenters. The molecule has 0 radical (unpaired) electrons. The number of alkyl halides is 2. The standard InChI is InChI=1S/C14H9Br2N/c15-14(16)13-7-5-12(6-8-13)11-3-1-10(9-17)2-4-11/h1-8,14H. The predicted octanol–water partition coefficient (Wildman–Crippen LogP) is 5.01. The Kier molecular flexibility index (Phi) is 3.98. The molecular weight excluding hydrogens is 342 g/mol. The van der Waals surface area contributed by atoms with Gasteiger partial charge in [-0.15, -0.1) is 0 Å². The molecule has 2 rings (SSSR count). The van der Waals surface area contributed by atoms with Crippen LogP contribution in [0.25, 0.3) is 11.1 Å². The molecule has 0 aromatic heterocycles. The van der Waals surface area contributed by atoms with Gasteiger partial charge in [-0.25, -0.2) is 0 Å². The van der Waals surface area contributed by atoms with Crippen LogP contribution in [0.2, 0.25) is 0 Å². The summed E-state index contributed by atoms with van der Waals surface area (Å²) in [6.45, 7) is 0. The van der Waals surface area contributed by atoms with Gasteiger partial charge in [0.15, 0.2) is 0 Å². The summed E-state index contributed by atoms with van der Waals surface area (Å²) in [5, 5.41) is 8.74. The van der Waals surface area contributed by atoms with E-state index in [0.29, 0.717) is 5.56 Å². The molecule has 0 N–H and O–H groups in total. The Morgan fingerprint density at radius 1 is 0.824 bits per heavy atom. The van der Waals surface area contributed by atoms with Gasteiger partial charge in [-0.3, -0.25) is 0 Å². The highest BCUT2D eigenvalue weighted by Gasteiger charge is 2.03. The zero-order valence-electron chi connectivity index (χ0n) is 8.90. The zero-order chi connectivity index (χ0) is 12.3. The first-order valence-corrected chi connectivity index (χ1v) is 6.92. The van der Waals surface area contributed by atoms with E-state index in [1.54, 1.807) is 0 Å². The Balaban J connectivity index is 2.30. The summed E-state index contributed by atoms with van der Waals surface area (Å²) in [5.74, 6) is 0. The number of hydrogen-bond donors (Lipinski definition) is 0. The van der Waals surface area contributed by atoms with Gasteiger partial charge in [0, 0.05) is 0 Å². The van der Waals surface area contributed by atoms with Crippen LogP contribution >= 0.6 is 31.9 Å². The van der Waals surface area contributed by atoms with Crippen LogP contribution in [-0.2, 0) is 0 Å². The van der Waals surface area contributed by atoms with E-state index in [9.17, 15) is 0 Å². The lowest BCUT2D eigenvalue weighted by atomic mass is 10.0. The fraction of sp³-hybridized carbons (Fsp3) is 0.0714. The molecule has 0 aliphatic heterocycles. The summed E-state index contributed by atoms with van der Waals surface area (Å²) in [7, 11) is 0. The first-order valence-electron chi connectivity index (χ1n) is 5.09. The van der Waals surface area contributed by atoms with Gasteiger partial charge < -0.3 is 0 Å². The second kappa shape index (κ2) is 5.48. The number of rotatable bonds is 2. The minimum Gasteiger partial charge on any atom is -0.192 e. The van der Waals surface area contributed by atoms with Crippen LogP contribution in [0.4, 0.5) is 0 Å². The van der Waals surface area contributed by atoms with Crippen LogP contribution in [0.15, 0.2) is 48.5 Å². The van der Waals surface area contributed by atoms with E-state index < -0.39 is 0 Å². The third kappa shape index (κ3) is 2.96. The molecule has 2 aromatic carbocycles. The first kappa shape index (κ1) is 12.3. The summed E-state index contributed by atoms with van der Waals surface area (Å²) in [5.41, 5.74) is 4.14. The first-order chi connectivity index (χ1) is 8.20. The van der Waals surface area contributed by atoms with Crippen molar-refractivity contribution in [2.45, 2.75) is 3.74 Å². The van der Waals surface area contributed by atoms with Crippen LogP contribution in [0.3, 0.4) is 0 Å². The molecule has 17 heavy (non-hydrogen) atoms. The predicted molar refractivity (Wildman–Crippen MR) is 77.2 cm³/mol. The molecule has 0 saturated heterocycles. The minimum absolute atomic E-state index is 0.185. The molecular formula is C14H9Br2N. The molecule has 0 amide bonds. The van der Waals surface area contributed by atoms with E-state index >= 15 is 0 Å². The summed E-state index contributed by atoms with van der Waals surface area (Å²) in [6, 6.07) is 18.0. The minimum atomic E-state index is 0.185. The Morgan fingerprint density at radius 3 is 1.71 bits per heavy atom. The molecule has 1 nitrogen and oxygen atoms in total. The maximum absolute atomic E-state index is 8.74. The molecule has 0 unspecified atom stereocenters. The molecule has 0 aliphatic carbocycles. The van der Waals surface area contributed by atoms with Crippen molar-refractivity contribution in [3.8, 4) is 17.2 Å². The topological polar surface area (TPSA) is 23.8 Å².